The zero-order valence-corrected chi connectivity index (χ0v) is 18.8. The molecular formula is C26H31N3O2. The summed E-state index contributed by atoms with van der Waals surface area (Å²) in [6.45, 7) is 9.16. The average molecular weight is 418 g/mol. The highest BCUT2D eigenvalue weighted by atomic mass is 16.6. The maximum absolute atomic E-state index is 13.3. The van der Waals surface area contributed by atoms with Crippen LogP contribution in [0.5, 0.6) is 0 Å². The van der Waals surface area contributed by atoms with E-state index in [0.29, 0.717) is 6.42 Å². The van der Waals surface area contributed by atoms with Gasteiger partial charge >= 0.3 is 5.97 Å². The van der Waals surface area contributed by atoms with Crippen LogP contribution in [0, 0.1) is 16.7 Å². The summed E-state index contributed by atoms with van der Waals surface area (Å²) in [6, 6.07) is 22.8. The highest BCUT2D eigenvalue weighted by Gasteiger charge is 2.61. The van der Waals surface area contributed by atoms with Crippen molar-refractivity contribution in [2.45, 2.75) is 64.5 Å². The van der Waals surface area contributed by atoms with E-state index in [9.17, 15) is 10.1 Å². The summed E-state index contributed by atoms with van der Waals surface area (Å²) in [6.07, 6.45) is 0.318. The Labute approximate surface area is 185 Å². The van der Waals surface area contributed by atoms with Crippen LogP contribution in [0.2, 0.25) is 0 Å². The quantitative estimate of drug-likeness (QED) is 0.685. The summed E-state index contributed by atoms with van der Waals surface area (Å²) in [5.74, 6) is -0.237. The monoisotopic (exact) mass is 417 g/mol. The van der Waals surface area contributed by atoms with E-state index in [2.05, 4.69) is 40.1 Å². The first-order valence-corrected chi connectivity index (χ1v) is 11.0. The molecule has 2 aliphatic heterocycles. The molecule has 0 aliphatic carbocycles. The lowest BCUT2D eigenvalue weighted by molar-refractivity contribution is -0.161. The van der Waals surface area contributed by atoms with Crippen molar-refractivity contribution in [3.05, 3.63) is 71.8 Å². The molecule has 0 aromatic heterocycles. The van der Waals surface area contributed by atoms with Crippen molar-refractivity contribution in [3.8, 4) is 6.07 Å². The van der Waals surface area contributed by atoms with Gasteiger partial charge in [-0.25, -0.2) is 0 Å². The van der Waals surface area contributed by atoms with Crippen molar-refractivity contribution < 1.29 is 9.53 Å². The Morgan fingerprint density at radius 3 is 2.32 bits per heavy atom. The van der Waals surface area contributed by atoms with E-state index < -0.39 is 17.1 Å². The zero-order chi connectivity index (χ0) is 22.2. The van der Waals surface area contributed by atoms with Crippen LogP contribution in [0.3, 0.4) is 0 Å². The van der Waals surface area contributed by atoms with Crippen LogP contribution in [0.1, 0.15) is 51.3 Å². The van der Waals surface area contributed by atoms with E-state index in [1.54, 1.807) is 0 Å². The second kappa shape index (κ2) is 8.11. The van der Waals surface area contributed by atoms with Gasteiger partial charge in [0.25, 0.3) is 0 Å². The Morgan fingerprint density at radius 1 is 1.13 bits per heavy atom. The molecule has 0 amide bonds. The molecule has 31 heavy (non-hydrogen) atoms. The predicted molar refractivity (Wildman–Crippen MR) is 120 cm³/mol. The van der Waals surface area contributed by atoms with Crippen LogP contribution < -0.4 is 0 Å². The number of esters is 1. The first-order valence-electron chi connectivity index (χ1n) is 11.0. The summed E-state index contributed by atoms with van der Waals surface area (Å²) in [7, 11) is 0. The highest BCUT2D eigenvalue weighted by Crippen LogP contribution is 2.51. The number of hydrogen-bond acceptors (Lipinski definition) is 5. The SMILES string of the molecule is CC(C)(C)OC(=O)[C@H]1C[C@@](C)(C#N)[C@H]2N(Cc3ccccc3)C[C@@H](c3ccccc3)N12. The first kappa shape index (κ1) is 21.5. The molecule has 5 heteroatoms. The number of fused-ring (bicyclic) bond motifs is 1. The lowest BCUT2D eigenvalue weighted by Crippen LogP contribution is -2.46. The van der Waals surface area contributed by atoms with E-state index in [1.165, 1.54) is 11.1 Å². The molecule has 0 N–H and O–H groups in total. The van der Waals surface area contributed by atoms with E-state index in [0.717, 1.165) is 13.1 Å². The third-order valence-corrected chi connectivity index (χ3v) is 6.29. The fourth-order valence-corrected chi connectivity index (χ4v) is 5.11. The van der Waals surface area contributed by atoms with Crippen molar-refractivity contribution >= 4 is 5.97 Å². The van der Waals surface area contributed by atoms with Gasteiger partial charge in [0.05, 0.1) is 17.6 Å². The minimum atomic E-state index is -0.667. The Bertz CT molecular complexity index is 964. The predicted octanol–water partition coefficient (Wildman–Crippen LogP) is 4.52. The third kappa shape index (κ3) is 4.23. The number of ether oxygens (including phenoxy) is 1. The molecule has 2 aromatic rings. The van der Waals surface area contributed by atoms with Gasteiger partial charge in [-0.05, 0) is 45.2 Å². The molecule has 2 aliphatic rings. The minimum Gasteiger partial charge on any atom is -0.459 e. The van der Waals surface area contributed by atoms with Gasteiger partial charge in [-0.2, -0.15) is 5.26 Å². The topological polar surface area (TPSA) is 56.6 Å². The maximum Gasteiger partial charge on any atom is 0.324 e. The molecule has 4 atom stereocenters. The molecule has 0 bridgehead atoms. The number of carbonyl (C=O) groups excluding carboxylic acids is 1. The van der Waals surface area contributed by atoms with Gasteiger partial charge < -0.3 is 4.74 Å². The summed E-state index contributed by atoms with van der Waals surface area (Å²) >= 11 is 0. The number of nitrogens with zero attached hydrogens (tertiary/aromatic N) is 3. The lowest BCUT2D eigenvalue weighted by atomic mass is 9.86. The van der Waals surface area contributed by atoms with Crippen LogP contribution in [-0.4, -0.2) is 40.1 Å². The van der Waals surface area contributed by atoms with Crippen molar-refractivity contribution in [1.29, 1.82) is 5.26 Å². The highest BCUT2D eigenvalue weighted by molar-refractivity contribution is 5.77. The molecule has 0 saturated carbocycles. The molecular weight excluding hydrogens is 386 g/mol. The fourth-order valence-electron chi connectivity index (χ4n) is 5.11. The smallest absolute Gasteiger partial charge is 0.324 e. The lowest BCUT2D eigenvalue weighted by Gasteiger charge is -2.33. The van der Waals surface area contributed by atoms with Crippen molar-refractivity contribution in [3.63, 3.8) is 0 Å². The Morgan fingerprint density at radius 2 is 1.74 bits per heavy atom. The average Bonchev–Trinajstić information content (AvgIpc) is 3.26. The molecule has 0 spiro atoms. The number of hydrogen-bond donors (Lipinski definition) is 0. The van der Waals surface area contributed by atoms with Crippen molar-refractivity contribution in [2.75, 3.05) is 6.54 Å². The van der Waals surface area contributed by atoms with Crippen LogP contribution >= 0.6 is 0 Å². The molecule has 4 rings (SSSR count). The molecule has 5 nitrogen and oxygen atoms in total. The number of benzene rings is 2. The number of nitriles is 1. The van der Waals surface area contributed by atoms with E-state index in [4.69, 9.17) is 4.74 Å². The molecule has 2 heterocycles. The van der Waals surface area contributed by atoms with Gasteiger partial charge in [-0.1, -0.05) is 60.7 Å². The standard InChI is InChI=1S/C26H31N3O2/c1-25(2,3)31-23(30)21-15-26(4,18-27)24-28(16-19-11-7-5-8-12-19)17-22(29(21)24)20-13-9-6-10-14-20/h5-14,21-22,24H,15-17H2,1-4H3/t21-,22+,24+,26+/m1/s1. The molecule has 2 aromatic carbocycles. The van der Waals surface area contributed by atoms with Gasteiger partial charge in [-0.3, -0.25) is 14.6 Å². The van der Waals surface area contributed by atoms with Crippen LogP contribution in [-0.2, 0) is 16.1 Å². The summed E-state index contributed by atoms with van der Waals surface area (Å²) in [4.78, 5) is 17.9. The Hall–Kier alpha value is -2.68. The molecule has 0 radical (unpaired) electrons. The fraction of sp³-hybridized carbons (Fsp3) is 0.462. The normalized spacial score (nSPS) is 28.8. The van der Waals surface area contributed by atoms with E-state index >= 15 is 0 Å². The maximum atomic E-state index is 13.3. The molecule has 0 unspecified atom stereocenters. The van der Waals surface area contributed by atoms with Gasteiger partial charge in [0.2, 0.25) is 0 Å². The summed E-state index contributed by atoms with van der Waals surface area (Å²) < 4.78 is 5.80. The van der Waals surface area contributed by atoms with Crippen LogP contribution in [0.25, 0.3) is 0 Å². The Kier molecular flexibility index (Phi) is 5.63. The third-order valence-electron chi connectivity index (χ3n) is 6.29. The minimum absolute atomic E-state index is 0.0302. The van der Waals surface area contributed by atoms with Gasteiger partial charge in [0.15, 0.2) is 0 Å². The summed E-state index contributed by atoms with van der Waals surface area (Å²) in [5, 5.41) is 10.2. The second-order valence-electron chi connectivity index (χ2n) is 9.95. The second-order valence-corrected chi connectivity index (χ2v) is 9.95. The van der Waals surface area contributed by atoms with Gasteiger partial charge in [0, 0.05) is 19.1 Å². The van der Waals surface area contributed by atoms with Crippen molar-refractivity contribution in [2.24, 2.45) is 5.41 Å². The van der Waals surface area contributed by atoms with Crippen LogP contribution in [0.15, 0.2) is 60.7 Å². The summed E-state index contributed by atoms with van der Waals surface area (Å²) in [5.41, 5.74) is 1.14. The van der Waals surface area contributed by atoms with Gasteiger partial charge in [0.1, 0.15) is 11.6 Å². The number of rotatable bonds is 4. The van der Waals surface area contributed by atoms with Crippen molar-refractivity contribution in [1.82, 2.24) is 9.80 Å². The van der Waals surface area contributed by atoms with Crippen LogP contribution in [0.4, 0.5) is 0 Å². The van der Waals surface area contributed by atoms with E-state index in [-0.39, 0.29) is 18.2 Å². The number of carbonyl (C=O) groups is 1. The zero-order valence-electron chi connectivity index (χ0n) is 18.8. The molecule has 2 fully saturated rings. The van der Waals surface area contributed by atoms with Gasteiger partial charge in [-0.15, -0.1) is 0 Å². The Balaban J connectivity index is 1.74. The first-order chi connectivity index (χ1) is 14.7. The van der Waals surface area contributed by atoms with E-state index in [1.807, 2.05) is 64.1 Å². The molecule has 162 valence electrons. The largest absolute Gasteiger partial charge is 0.459 e. The molecule has 2 saturated heterocycles.